The van der Waals surface area contributed by atoms with Crippen molar-refractivity contribution in [2.75, 3.05) is 21.0 Å². The van der Waals surface area contributed by atoms with Gasteiger partial charge in [-0.25, -0.2) is 0 Å². The van der Waals surface area contributed by atoms with Crippen molar-refractivity contribution < 1.29 is 23.5 Å². The zero-order valence-corrected chi connectivity index (χ0v) is 20.8. The third-order valence-electron chi connectivity index (χ3n) is 7.66. The van der Waals surface area contributed by atoms with E-state index < -0.39 is 0 Å². The van der Waals surface area contributed by atoms with Gasteiger partial charge < -0.3 is 18.9 Å². The molecule has 2 aliphatic rings. The van der Waals surface area contributed by atoms with Crippen LogP contribution >= 0.6 is 0 Å². The molecule has 3 heterocycles. The average molecular weight is 479 g/mol. The molecule has 0 fully saturated rings. The molecule has 0 aliphatic carbocycles. The summed E-state index contributed by atoms with van der Waals surface area (Å²) in [6, 6.07) is 19.4. The molecular formula is C31H28NO4+. The van der Waals surface area contributed by atoms with E-state index in [-0.39, 0.29) is 6.79 Å². The van der Waals surface area contributed by atoms with Crippen molar-refractivity contribution in [2.45, 2.75) is 32.7 Å². The van der Waals surface area contributed by atoms with E-state index in [1.807, 2.05) is 6.07 Å². The van der Waals surface area contributed by atoms with Gasteiger partial charge in [0.15, 0.2) is 29.5 Å². The summed E-state index contributed by atoms with van der Waals surface area (Å²) in [6.07, 6.45) is 2.95. The highest BCUT2D eigenvalue weighted by Crippen LogP contribution is 2.49. The van der Waals surface area contributed by atoms with Crippen molar-refractivity contribution in [1.82, 2.24) is 0 Å². The summed E-state index contributed by atoms with van der Waals surface area (Å²) in [6.45, 7) is 3.38. The van der Waals surface area contributed by atoms with E-state index in [4.69, 9.17) is 18.9 Å². The molecule has 5 nitrogen and oxygen atoms in total. The van der Waals surface area contributed by atoms with Gasteiger partial charge in [-0.1, -0.05) is 31.5 Å². The van der Waals surface area contributed by atoms with Crippen LogP contribution in [0, 0.1) is 0 Å². The molecule has 36 heavy (non-hydrogen) atoms. The summed E-state index contributed by atoms with van der Waals surface area (Å²) >= 11 is 0. The van der Waals surface area contributed by atoms with Crippen LogP contribution in [0.4, 0.5) is 0 Å². The second-order valence-corrected chi connectivity index (χ2v) is 9.54. The van der Waals surface area contributed by atoms with Crippen molar-refractivity contribution in [3.05, 3.63) is 65.7 Å². The maximum absolute atomic E-state index is 6.07. The van der Waals surface area contributed by atoms with Crippen LogP contribution in [-0.2, 0) is 19.4 Å². The van der Waals surface area contributed by atoms with E-state index in [0.717, 1.165) is 65.4 Å². The Labute approximate surface area is 209 Å². The molecule has 0 amide bonds. The molecule has 0 saturated heterocycles. The highest BCUT2D eigenvalue weighted by Gasteiger charge is 2.35. The lowest BCUT2D eigenvalue weighted by atomic mass is 9.87. The molecule has 0 saturated carbocycles. The third kappa shape index (κ3) is 2.80. The predicted molar refractivity (Wildman–Crippen MR) is 142 cm³/mol. The molecule has 5 heteroatoms. The smallest absolute Gasteiger partial charge is 0.231 e. The van der Waals surface area contributed by atoms with E-state index >= 15 is 0 Å². The van der Waals surface area contributed by atoms with E-state index in [2.05, 4.69) is 60.0 Å². The van der Waals surface area contributed by atoms with Crippen LogP contribution in [0.15, 0.2) is 54.6 Å². The fraction of sp³-hybridized carbons (Fsp3) is 0.258. The van der Waals surface area contributed by atoms with Gasteiger partial charge in [0.2, 0.25) is 18.0 Å². The Balaban J connectivity index is 1.77. The summed E-state index contributed by atoms with van der Waals surface area (Å²) < 4.78 is 26.2. The Morgan fingerprint density at radius 2 is 1.75 bits per heavy atom. The van der Waals surface area contributed by atoms with Gasteiger partial charge in [-0.2, -0.15) is 4.57 Å². The highest BCUT2D eigenvalue weighted by molar-refractivity contribution is 6.20. The molecule has 0 radical (unpaired) electrons. The number of nitrogens with zero attached hydrogens (tertiary/aromatic N) is 1. The first-order valence-corrected chi connectivity index (χ1v) is 12.6. The van der Waals surface area contributed by atoms with Crippen molar-refractivity contribution in [1.29, 1.82) is 0 Å². The lowest BCUT2D eigenvalue weighted by Gasteiger charge is -2.22. The van der Waals surface area contributed by atoms with Crippen LogP contribution in [0.1, 0.15) is 24.5 Å². The number of hydrogen-bond acceptors (Lipinski definition) is 4. The molecule has 5 aromatic rings. The van der Waals surface area contributed by atoms with Crippen LogP contribution in [0.25, 0.3) is 43.7 Å². The largest absolute Gasteiger partial charge is 0.493 e. The first-order valence-electron chi connectivity index (χ1n) is 12.6. The van der Waals surface area contributed by atoms with Crippen molar-refractivity contribution in [2.24, 2.45) is 0 Å². The highest BCUT2D eigenvalue weighted by atomic mass is 16.7. The number of pyridine rings is 1. The zero-order chi connectivity index (χ0) is 24.4. The molecule has 180 valence electrons. The van der Waals surface area contributed by atoms with Gasteiger partial charge in [-0.3, -0.25) is 0 Å². The number of ether oxygens (including phenoxy) is 4. The van der Waals surface area contributed by atoms with Gasteiger partial charge in [-0.15, -0.1) is 0 Å². The molecule has 0 unspecified atom stereocenters. The van der Waals surface area contributed by atoms with Gasteiger partial charge in [0.1, 0.15) is 5.39 Å². The van der Waals surface area contributed by atoms with Crippen LogP contribution < -0.4 is 23.5 Å². The lowest BCUT2D eigenvalue weighted by Crippen LogP contribution is -2.41. The topological polar surface area (TPSA) is 40.8 Å². The maximum Gasteiger partial charge on any atom is 0.231 e. The molecule has 0 N–H and O–H groups in total. The first-order chi connectivity index (χ1) is 17.7. The molecule has 1 aromatic heterocycles. The lowest BCUT2D eigenvalue weighted by molar-refractivity contribution is -0.659. The number of hydrogen-bond donors (Lipinski definition) is 0. The first kappa shape index (κ1) is 21.3. The number of aromatic nitrogens is 1. The third-order valence-corrected chi connectivity index (χ3v) is 7.66. The van der Waals surface area contributed by atoms with E-state index in [9.17, 15) is 0 Å². The number of aryl methyl sites for hydroxylation is 3. The molecule has 7 rings (SSSR count). The molecule has 0 spiro atoms. The number of rotatable bonds is 5. The minimum absolute atomic E-state index is 0.279. The van der Waals surface area contributed by atoms with Crippen molar-refractivity contribution >= 4 is 32.4 Å². The van der Waals surface area contributed by atoms with E-state index in [1.54, 1.807) is 14.2 Å². The van der Waals surface area contributed by atoms with Gasteiger partial charge >= 0.3 is 0 Å². The predicted octanol–water partition coefficient (Wildman–Crippen LogP) is 6.36. The Bertz CT molecular complexity index is 1690. The average Bonchev–Trinajstić information content (AvgIpc) is 3.39. The summed E-state index contributed by atoms with van der Waals surface area (Å²) in [5.41, 5.74) is 6.20. The Morgan fingerprint density at radius 1 is 0.889 bits per heavy atom. The SMILES string of the molecule is CCCc1cc2c3ccc(OC)c(OC)c3c(-c3ccccc3)[n+]3c2c2c(cc4c(c12)OCO4)CC3. The maximum atomic E-state index is 6.07. The van der Waals surface area contributed by atoms with E-state index in [0.29, 0.717) is 0 Å². The quantitative estimate of drug-likeness (QED) is 0.218. The zero-order valence-electron chi connectivity index (χ0n) is 20.8. The van der Waals surface area contributed by atoms with Crippen LogP contribution in [0.5, 0.6) is 23.0 Å². The second-order valence-electron chi connectivity index (χ2n) is 9.54. The Morgan fingerprint density at radius 3 is 2.53 bits per heavy atom. The van der Waals surface area contributed by atoms with Crippen LogP contribution in [-0.4, -0.2) is 21.0 Å². The minimum Gasteiger partial charge on any atom is -0.493 e. The standard InChI is InChI=1S/C31H28NO4/c1-4-8-19-15-22-21-11-12-23(33-2)30(34-3)27(21)28(18-9-6-5-7-10-18)32-14-13-20-16-24-31(36-17-35-24)26(19)25(20)29(22)32/h5-7,9-12,15-16H,4,8,13-14,17H2,1-3H3/q+1. The van der Waals surface area contributed by atoms with Crippen molar-refractivity contribution in [3.63, 3.8) is 0 Å². The van der Waals surface area contributed by atoms with Crippen molar-refractivity contribution in [3.8, 4) is 34.3 Å². The molecule has 0 bridgehead atoms. The number of fused-ring (bicyclic) bond motifs is 4. The summed E-state index contributed by atoms with van der Waals surface area (Å²) in [5.74, 6) is 3.27. The number of benzene rings is 4. The second kappa shape index (κ2) is 8.02. The molecule has 2 aliphatic heterocycles. The van der Waals surface area contributed by atoms with Crippen LogP contribution in [0.2, 0.25) is 0 Å². The normalized spacial score (nSPS) is 13.8. The van der Waals surface area contributed by atoms with Gasteiger partial charge in [0.25, 0.3) is 0 Å². The summed E-state index contributed by atoms with van der Waals surface area (Å²) in [5, 5.41) is 5.99. The fourth-order valence-electron chi connectivity index (χ4n) is 6.26. The number of methoxy groups -OCH3 is 2. The monoisotopic (exact) mass is 478 g/mol. The van der Waals surface area contributed by atoms with Gasteiger partial charge in [0, 0.05) is 22.8 Å². The minimum atomic E-state index is 0.279. The Hall–Kier alpha value is -3.99. The summed E-state index contributed by atoms with van der Waals surface area (Å²) in [7, 11) is 3.43. The fourth-order valence-corrected chi connectivity index (χ4v) is 6.26. The molecular weight excluding hydrogens is 450 g/mol. The molecule has 0 atom stereocenters. The van der Waals surface area contributed by atoms with E-state index in [1.165, 1.54) is 38.2 Å². The summed E-state index contributed by atoms with van der Waals surface area (Å²) in [4.78, 5) is 0. The van der Waals surface area contributed by atoms with Gasteiger partial charge in [0.05, 0.1) is 25.0 Å². The van der Waals surface area contributed by atoms with Crippen LogP contribution in [0.3, 0.4) is 0 Å². The Kier molecular flexibility index (Phi) is 4.75. The molecule has 4 aromatic carbocycles. The van der Waals surface area contributed by atoms with Gasteiger partial charge in [-0.05, 0) is 53.9 Å².